The van der Waals surface area contributed by atoms with E-state index in [1.165, 1.54) is 7.11 Å². The number of para-hydroxylation sites is 4. The van der Waals surface area contributed by atoms with Gasteiger partial charge in [0.25, 0.3) is 15.7 Å². The fourth-order valence-electron chi connectivity index (χ4n) is 2.97. The monoisotopic (exact) mass is 451 g/mol. The first-order valence-corrected chi connectivity index (χ1v) is 10.8. The first-order valence-electron chi connectivity index (χ1n) is 9.31. The van der Waals surface area contributed by atoms with Gasteiger partial charge in [0.15, 0.2) is 11.6 Å². The van der Waals surface area contributed by atoms with Crippen molar-refractivity contribution in [1.29, 1.82) is 0 Å². The van der Waals surface area contributed by atoms with E-state index < -0.39 is 14.9 Å². The van der Waals surface area contributed by atoms with Gasteiger partial charge < -0.3 is 10.1 Å². The van der Waals surface area contributed by atoms with Crippen LogP contribution in [0.15, 0.2) is 77.7 Å². The van der Waals surface area contributed by atoms with Crippen LogP contribution >= 0.6 is 0 Å². The minimum Gasteiger partial charge on any atom is -0.495 e. The zero-order chi connectivity index (χ0) is 22.7. The van der Waals surface area contributed by atoms with Gasteiger partial charge in [0.05, 0.1) is 33.6 Å². The molecular formula is C21H17N5O5S. The predicted octanol–water partition coefficient (Wildman–Crippen LogP) is 4.09. The lowest BCUT2D eigenvalue weighted by Crippen LogP contribution is -2.16. The summed E-state index contributed by atoms with van der Waals surface area (Å²) in [6, 6.07) is 18.7. The van der Waals surface area contributed by atoms with Crippen molar-refractivity contribution in [1.82, 2.24) is 9.97 Å². The highest BCUT2D eigenvalue weighted by molar-refractivity contribution is 7.92. The lowest BCUT2D eigenvalue weighted by Gasteiger charge is -2.15. The Labute approximate surface area is 183 Å². The molecular weight excluding hydrogens is 434 g/mol. The number of nitro benzene ring substituents is 1. The third-order valence-corrected chi connectivity index (χ3v) is 5.87. The molecule has 4 aromatic rings. The van der Waals surface area contributed by atoms with Crippen LogP contribution in [0.3, 0.4) is 0 Å². The number of fused-ring (bicyclic) bond motifs is 1. The Balaban J connectivity index is 1.76. The van der Waals surface area contributed by atoms with Crippen LogP contribution in [0.5, 0.6) is 5.75 Å². The fourth-order valence-corrected chi connectivity index (χ4v) is 3.98. The van der Waals surface area contributed by atoms with Crippen LogP contribution in [0.25, 0.3) is 11.0 Å². The number of benzene rings is 3. The van der Waals surface area contributed by atoms with E-state index in [0.717, 1.165) is 24.3 Å². The second kappa shape index (κ2) is 8.47. The van der Waals surface area contributed by atoms with Crippen LogP contribution in [-0.2, 0) is 10.0 Å². The molecule has 0 atom stereocenters. The molecule has 0 spiro atoms. The van der Waals surface area contributed by atoms with E-state index in [1.54, 1.807) is 48.5 Å². The Morgan fingerprint density at radius 2 is 1.47 bits per heavy atom. The molecule has 1 heterocycles. The quantitative estimate of drug-likeness (QED) is 0.317. The third-order valence-electron chi connectivity index (χ3n) is 4.52. The van der Waals surface area contributed by atoms with E-state index in [1.807, 2.05) is 0 Å². The van der Waals surface area contributed by atoms with Gasteiger partial charge in [-0.2, -0.15) is 0 Å². The van der Waals surface area contributed by atoms with E-state index >= 15 is 0 Å². The molecule has 4 rings (SSSR count). The third kappa shape index (κ3) is 4.27. The Morgan fingerprint density at radius 3 is 2.09 bits per heavy atom. The van der Waals surface area contributed by atoms with Crippen molar-refractivity contribution in [3.63, 3.8) is 0 Å². The summed E-state index contributed by atoms with van der Waals surface area (Å²) in [7, 11) is -2.58. The standard InChI is InChI=1S/C21H17N5O5S/c1-31-19-9-5-4-8-18(19)24-20-21(23-17-7-3-2-6-16(17)22-20)25-32(29,30)15-12-10-14(11-13-15)26(27)28/h2-13H,1H3,(H,22,24)(H,23,25). The lowest BCUT2D eigenvalue weighted by atomic mass is 10.3. The van der Waals surface area contributed by atoms with Gasteiger partial charge in [-0.05, 0) is 36.4 Å². The molecule has 0 aliphatic rings. The van der Waals surface area contributed by atoms with Crippen molar-refractivity contribution in [3.05, 3.63) is 82.9 Å². The van der Waals surface area contributed by atoms with Gasteiger partial charge in [-0.25, -0.2) is 18.4 Å². The second-order valence-corrected chi connectivity index (χ2v) is 8.27. The summed E-state index contributed by atoms with van der Waals surface area (Å²) in [6.45, 7) is 0. The van der Waals surface area contributed by atoms with Crippen LogP contribution in [0.1, 0.15) is 0 Å². The van der Waals surface area contributed by atoms with Gasteiger partial charge >= 0.3 is 0 Å². The van der Waals surface area contributed by atoms with E-state index in [0.29, 0.717) is 22.5 Å². The number of anilines is 3. The number of ether oxygens (including phenoxy) is 1. The Kier molecular flexibility index (Phi) is 5.56. The van der Waals surface area contributed by atoms with Crippen LogP contribution in [0, 0.1) is 10.1 Å². The van der Waals surface area contributed by atoms with Gasteiger partial charge in [-0.3, -0.25) is 14.8 Å². The van der Waals surface area contributed by atoms with E-state index in [2.05, 4.69) is 20.0 Å². The van der Waals surface area contributed by atoms with Gasteiger partial charge in [0.1, 0.15) is 5.75 Å². The SMILES string of the molecule is COc1ccccc1Nc1nc2ccccc2nc1NS(=O)(=O)c1ccc([N+](=O)[O-])cc1. The van der Waals surface area contributed by atoms with Gasteiger partial charge in [-0.15, -0.1) is 0 Å². The maximum Gasteiger partial charge on any atom is 0.269 e. The first-order chi connectivity index (χ1) is 15.4. The van der Waals surface area contributed by atoms with Crippen LogP contribution < -0.4 is 14.8 Å². The summed E-state index contributed by atoms with van der Waals surface area (Å²) < 4.78 is 33.7. The van der Waals surface area contributed by atoms with Crippen molar-refractivity contribution >= 4 is 44.1 Å². The largest absolute Gasteiger partial charge is 0.495 e. The van der Waals surface area contributed by atoms with E-state index in [9.17, 15) is 18.5 Å². The van der Waals surface area contributed by atoms with Gasteiger partial charge in [-0.1, -0.05) is 24.3 Å². The summed E-state index contributed by atoms with van der Waals surface area (Å²) in [5.41, 5.74) is 1.39. The Hall–Kier alpha value is -4.25. The Morgan fingerprint density at radius 1 is 0.875 bits per heavy atom. The number of aromatic nitrogens is 2. The number of hydrogen-bond acceptors (Lipinski definition) is 8. The molecule has 32 heavy (non-hydrogen) atoms. The zero-order valence-electron chi connectivity index (χ0n) is 16.7. The lowest BCUT2D eigenvalue weighted by molar-refractivity contribution is -0.384. The van der Waals surface area contributed by atoms with Crippen molar-refractivity contribution in [3.8, 4) is 5.75 Å². The zero-order valence-corrected chi connectivity index (χ0v) is 17.5. The molecule has 0 bridgehead atoms. The van der Waals surface area contributed by atoms with Gasteiger partial charge in [0.2, 0.25) is 0 Å². The minimum absolute atomic E-state index is 0.0343. The summed E-state index contributed by atoms with van der Waals surface area (Å²) in [6.07, 6.45) is 0. The number of nitrogens with zero attached hydrogens (tertiary/aromatic N) is 3. The summed E-state index contributed by atoms with van der Waals surface area (Å²) in [5.74, 6) is 0.665. The molecule has 0 saturated carbocycles. The molecule has 11 heteroatoms. The maximum absolute atomic E-state index is 12.9. The number of rotatable bonds is 7. The maximum atomic E-state index is 12.9. The van der Waals surface area contributed by atoms with Crippen LogP contribution in [0.2, 0.25) is 0 Å². The number of nitrogens with one attached hydrogen (secondary N) is 2. The number of methoxy groups -OCH3 is 1. The van der Waals surface area contributed by atoms with Crippen LogP contribution in [0.4, 0.5) is 23.0 Å². The number of sulfonamides is 1. The number of hydrogen-bond donors (Lipinski definition) is 2. The molecule has 0 unspecified atom stereocenters. The smallest absolute Gasteiger partial charge is 0.269 e. The summed E-state index contributed by atoms with van der Waals surface area (Å²) in [4.78, 5) is 19.0. The summed E-state index contributed by atoms with van der Waals surface area (Å²) >= 11 is 0. The molecule has 0 aliphatic carbocycles. The molecule has 0 radical (unpaired) electrons. The van der Waals surface area contributed by atoms with Crippen LogP contribution in [-0.4, -0.2) is 30.4 Å². The first kappa shape index (κ1) is 21.0. The predicted molar refractivity (Wildman–Crippen MR) is 120 cm³/mol. The normalized spacial score (nSPS) is 11.2. The van der Waals surface area contributed by atoms with Crippen molar-refractivity contribution in [2.24, 2.45) is 0 Å². The van der Waals surface area contributed by atoms with Crippen molar-refractivity contribution in [2.45, 2.75) is 4.90 Å². The second-order valence-electron chi connectivity index (χ2n) is 6.59. The molecule has 162 valence electrons. The molecule has 0 saturated heterocycles. The fraction of sp³-hybridized carbons (Fsp3) is 0.0476. The van der Waals surface area contributed by atoms with E-state index in [-0.39, 0.29) is 22.2 Å². The molecule has 2 N–H and O–H groups in total. The van der Waals surface area contributed by atoms with Gasteiger partial charge in [0, 0.05) is 12.1 Å². The van der Waals surface area contributed by atoms with Crippen molar-refractivity contribution < 1.29 is 18.1 Å². The number of nitro groups is 1. The highest BCUT2D eigenvalue weighted by atomic mass is 32.2. The molecule has 0 aliphatic heterocycles. The average Bonchev–Trinajstić information content (AvgIpc) is 2.79. The molecule has 1 aromatic heterocycles. The highest BCUT2D eigenvalue weighted by Gasteiger charge is 2.20. The molecule has 0 amide bonds. The van der Waals surface area contributed by atoms with Crippen molar-refractivity contribution in [2.75, 3.05) is 17.1 Å². The average molecular weight is 451 g/mol. The Bertz CT molecular complexity index is 1410. The minimum atomic E-state index is -4.10. The summed E-state index contributed by atoms with van der Waals surface area (Å²) in [5, 5.41) is 13.9. The number of non-ortho nitro benzene ring substituents is 1. The molecule has 0 fully saturated rings. The molecule has 3 aromatic carbocycles. The van der Waals surface area contributed by atoms with E-state index in [4.69, 9.17) is 4.74 Å². The topological polar surface area (TPSA) is 136 Å². The molecule has 10 nitrogen and oxygen atoms in total. The highest BCUT2D eigenvalue weighted by Crippen LogP contribution is 2.31.